The summed E-state index contributed by atoms with van der Waals surface area (Å²) in [5.74, 6) is 1.07. The molecule has 1 N–H and O–H groups in total. The molecule has 2 heteroatoms. The molecular formula is C15H29NO. The molecule has 17 heavy (non-hydrogen) atoms. The van der Waals surface area contributed by atoms with Gasteiger partial charge < -0.3 is 10.1 Å². The van der Waals surface area contributed by atoms with E-state index >= 15 is 0 Å². The second-order valence-corrected chi connectivity index (χ2v) is 5.88. The third-order valence-corrected chi connectivity index (χ3v) is 4.16. The van der Waals surface area contributed by atoms with E-state index in [1.807, 2.05) is 0 Å². The predicted molar refractivity (Wildman–Crippen MR) is 72.2 cm³/mol. The van der Waals surface area contributed by atoms with Gasteiger partial charge in [-0.15, -0.1) is 0 Å². The Balaban J connectivity index is 1.61. The van der Waals surface area contributed by atoms with Crippen LogP contribution in [0.15, 0.2) is 0 Å². The first-order chi connectivity index (χ1) is 8.38. The fourth-order valence-electron chi connectivity index (χ4n) is 2.80. The molecule has 0 spiro atoms. The van der Waals surface area contributed by atoms with E-state index in [-0.39, 0.29) is 0 Å². The highest BCUT2D eigenvalue weighted by molar-refractivity contribution is 4.78. The van der Waals surface area contributed by atoms with Gasteiger partial charge in [-0.25, -0.2) is 0 Å². The summed E-state index contributed by atoms with van der Waals surface area (Å²) in [6.07, 6.45) is 12.8. The van der Waals surface area contributed by atoms with Crippen LogP contribution in [-0.2, 0) is 4.74 Å². The first-order valence-electron chi connectivity index (χ1n) is 7.73. The SMILES string of the molecule is CCCNC(CCC1CC1)CCC1CCCO1. The summed E-state index contributed by atoms with van der Waals surface area (Å²) in [6, 6.07) is 0.750. The Morgan fingerprint density at radius 3 is 2.65 bits per heavy atom. The van der Waals surface area contributed by atoms with Gasteiger partial charge in [-0.2, -0.15) is 0 Å². The second-order valence-electron chi connectivity index (χ2n) is 5.88. The van der Waals surface area contributed by atoms with Gasteiger partial charge in [0, 0.05) is 12.6 Å². The molecule has 1 aliphatic heterocycles. The number of ether oxygens (including phenoxy) is 1. The molecule has 1 saturated carbocycles. The van der Waals surface area contributed by atoms with Crippen molar-refractivity contribution < 1.29 is 4.74 Å². The van der Waals surface area contributed by atoms with Crippen molar-refractivity contribution in [2.75, 3.05) is 13.2 Å². The van der Waals surface area contributed by atoms with Crippen LogP contribution in [0.1, 0.15) is 64.7 Å². The van der Waals surface area contributed by atoms with E-state index in [4.69, 9.17) is 4.74 Å². The monoisotopic (exact) mass is 239 g/mol. The Morgan fingerprint density at radius 1 is 1.18 bits per heavy atom. The van der Waals surface area contributed by atoms with Gasteiger partial charge in [0.05, 0.1) is 6.10 Å². The summed E-state index contributed by atoms with van der Waals surface area (Å²) in [7, 11) is 0. The molecular weight excluding hydrogens is 210 g/mol. The molecule has 2 nitrogen and oxygen atoms in total. The molecule has 1 aliphatic carbocycles. The van der Waals surface area contributed by atoms with Crippen LogP contribution in [0, 0.1) is 5.92 Å². The summed E-state index contributed by atoms with van der Waals surface area (Å²) in [5, 5.41) is 3.72. The van der Waals surface area contributed by atoms with Crippen molar-refractivity contribution in [3.05, 3.63) is 0 Å². The predicted octanol–water partition coefficient (Wildman–Crippen LogP) is 3.50. The zero-order valence-electron chi connectivity index (χ0n) is 11.4. The highest BCUT2D eigenvalue weighted by atomic mass is 16.5. The molecule has 1 heterocycles. The first-order valence-corrected chi connectivity index (χ1v) is 7.73. The van der Waals surface area contributed by atoms with E-state index in [2.05, 4.69) is 12.2 Å². The summed E-state index contributed by atoms with van der Waals surface area (Å²) in [4.78, 5) is 0. The lowest BCUT2D eigenvalue weighted by atomic mass is 10.0. The minimum absolute atomic E-state index is 0.571. The maximum Gasteiger partial charge on any atom is 0.0576 e. The van der Waals surface area contributed by atoms with Crippen LogP contribution in [0.3, 0.4) is 0 Å². The highest BCUT2D eigenvalue weighted by Crippen LogP contribution is 2.34. The van der Waals surface area contributed by atoms with Gasteiger partial charge >= 0.3 is 0 Å². The van der Waals surface area contributed by atoms with Gasteiger partial charge in [-0.3, -0.25) is 0 Å². The molecule has 0 amide bonds. The van der Waals surface area contributed by atoms with Gasteiger partial charge in [0.1, 0.15) is 0 Å². The smallest absolute Gasteiger partial charge is 0.0576 e. The van der Waals surface area contributed by atoms with Gasteiger partial charge in [0.15, 0.2) is 0 Å². The van der Waals surface area contributed by atoms with Crippen LogP contribution in [0.5, 0.6) is 0 Å². The number of rotatable bonds is 9. The zero-order chi connectivity index (χ0) is 11.9. The van der Waals surface area contributed by atoms with Crippen LogP contribution in [0.25, 0.3) is 0 Å². The molecule has 0 bridgehead atoms. The van der Waals surface area contributed by atoms with E-state index in [1.54, 1.807) is 0 Å². The summed E-state index contributed by atoms with van der Waals surface area (Å²) in [6.45, 7) is 4.44. The third kappa shape index (κ3) is 5.39. The minimum atomic E-state index is 0.571. The molecule has 2 fully saturated rings. The van der Waals surface area contributed by atoms with Crippen molar-refractivity contribution in [2.24, 2.45) is 5.92 Å². The zero-order valence-corrected chi connectivity index (χ0v) is 11.4. The largest absolute Gasteiger partial charge is 0.378 e. The fraction of sp³-hybridized carbons (Fsp3) is 1.00. The second kappa shape index (κ2) is 7.38. The number of hydrogen-bond acceptors (Lipinski definition) is 2. The van der Waals surface area contributed by atoms with Crippen LogP contribution >= 0.6 is 0 Å². The van der Waals surface area contributed by atoms with Gasteiger partial charge in [0.25, 0.3) is 0 Å². The maximum atomic E-state index is 5.72. The van der Waals surface area contributed by atoms with E-state index in [0.717, 1.165) is 18.6 Å². The van der Waals surface area contributed by atoms with Crippen LogP contribution in [-0.4, -0.2) is 25.3 Å². The summed E-state index contributed by atoms with van der Waals surface area (Å²) >= 11 is 0. The Kier molecular flexibility index (Phi) is 5.79. The van der Waals surface area contributed by atoms with Crippen molar-refractivity contribution in [1.82, 2.24) is 5.32 Å². The highest BCUT2D eigenvalue weighted by Gasteiger charge is 2.23. The van der Waals surface area contributed by atoms with E-state index < -0.39 is 0 Å². The van der Waals surface area contributed by atoms with Gasteiger partial charge in [0.2, 0.25) is 0 Å². The number of hydrogen-bond donors (Lipinski definition) is 1. The molecule has 0 aromatic rings. The average molecular weight is 239 g/mol. The summed E-state index contributed by atoms with van der Waals surface area (Å²) < 4.78 is 5.72. The van der Waals surface area contributed by atoms with E-state index in [1.165, 1.54) is 64.3 Å². The van der Waals surface area contributed by atoms with Crippen molar-refractivity contribution in [1.29, 1.82) is 0 Å². The lowest BCUT2D eigenvalue weighted by Crippen LogP contribution is -2.30. The standard InChI is InChI=1S/C15H29NO/c1-2-11-16-14(8-7-13-5-6-13)9-10-15-4-3-12-17-15/h13-16H,2-12H2,1H3. The Bertz CT molecular complexity index is 197. The molecule has 2 aliphatic rings. The van der Waals surface area contributed by atoms with Crippen molar-refractivity contribution in [3.8, 4) is 0 Å². The third-order valence-electron chi connectivity index (χ3n) is 4.16. The molecule has 0 radical (unpaired) electrons. The van der Waals surface area contributed by atoms with E-state index in [0.29, 0.717) is 6.10 Å². The molecule has 1 saturated heterocycles. The molecule has 0 aromatic heterocycles. The van der Waals surface area contributed by atoms with Crippen molar-refractivity contribution >= 4 is 0 Å². The van der Waals surface area contributed by atoms with Gasteiger partial charge in [-0.1, -0.05) is 19.8 Å². The average Bonchev–Trinajstić information content (AvgIpc) is 3.03. The normalized spacial score (nSPS) is 26.3. The van der Waals surface area contributed by atoms with Crippen LogP contribution in [0.2, 0.25) is 0 Å². The van der Waals surface area contributed by atoms with E-state index in [9.17, 15) is 0 Å². The maximum absolute atomic E-state index is 5.72. The molecule has 0 aromatic carbocycles. The minimum Gasteiger partial charge on any atom is -0.378 e. The topological polar surface area (TPSA) is 21.3 Å². The Labute approximate surface area is 107 Å². The lowest BCUT2D eigenvalue weighted by molar-refractivity contribution is 0.0991. The Hall–Kier alpha value is -0.0800. The summed E-state index contributed by atoms with van der Waals surface area (Å²) in [5.41, 5.74) is 0. The lowest BCUT2D eigenvalue weighted by Gasteiger charge is -2.20. The first kappa shape index (κ1) is 13.4. The van der Waals surface area contributed by atoms with Gasteiger partial charge in [-0.05, 0) is 57.4 Å². The molecule has 2 atom stereocenters. The fourth-order valence-corrected chi connectivity index (χ4v) is 2.80. The quantitative estimate of drug-likeness (QED) is 0.665. The van der Waals surface area contributed by atoms with Crippen LogP contribution in [0.4, 0.5) is 0 Å². The molecule has 2 unspecified atom stereocenters. The Morgan fingerprint density at radius 2 is 2.00 bits per heavy atom. The van der Waals surface area contributed by atoms with Crippen LogP contribution < -0.4 is 5.32 Å². The van der Waals surface area contributed by atoms with Crippen molar-refractivity contribution in [2.45, 2.75) is 76.9 Å². The molecule has 100 valence electrons. The molecule has 2 rings (SSSR count). The van der Waals surface area contributed by atoms with Crippen molar-refractivity contribution in [3.63, 3.8) is 0 Å². The number of nitrogens with one attached hydrogen (secondary N) is 1.